The van der Waals surface area contributed by atoms with Crippen LogP contribution in [0.1, 0.15) is 45.2 Å². The predicted octanol–water partition coefficient (Wildman–Crippen LogP) is 0.843. The topological polar surface area (TPSA) is 93.2 Å². The number of aryl methyl sites for hydroxylation is 1. The summed E-state index contributed by atoms with van der Waals surface area (Å²) in [4.78, 5) is 25.8. The van der Waals surface area contributed by atoms with Gasteiger partial charge in [-0.1, -0.05) is 0 Å². The van der Waals surface area contributed by atoms with Crippen molar-refractivity contribution in [1.29, 1.82) is 0 Å². The van der Waals surface area contributed by atoms with Gasteiger partial charge in [0, 0.05) is 25.3 Å². The highest BCUT2D eigenvalue weighted by Gasteiger charge is 2.30. The zero-order chi connectivity index (χ0) is 17.9. The number of rotatable bonds is 6. The number of nitrogens with one attached hydrogen (secondary N) is 1. The van der Waals surface area contributed by atoms with Gasteiger partial charge in [0.1, 0.15) is 0 Å². The molecule has 4 atom stereocenters. The quantitative estimate of drug-likeness (QED) is 0.806. The van der Waals surface area contributed by atoms with Crippen LogP contribution < -0.4 is 11.1 Å². The Hall–Kier alpha value is -1.89. The molecule has 0 spiro atoms. The Labute approximate surface area is 143 Å². The van der Waals surface area contributed by atoms with Gasteiger partial charge in [0.2, 0.25) is 11.8 Å². The number of hydrogen-bond acceptors (Lipinski definition) is 4. The summed E-state index contributed by atoms with van der Waals surface area (Å²) in [6, 6.07) is -0.0978. The Morgan fingerprint density at radius 1 is 1.38 bits per heavy atom. The number of hydrogen-bond donors (Lipinski definition) is 2. The monoisotopic (exact) mass is 335 g/mol. The number of piperidine rings is 1. The summed E-state index contributed by atoms with van der Waals surface area (Å²) < 4.78 is 1.91. The second kappa shape index (κ2) is 7.79. The number of nitrogens with two attached hydrogens (primary N) is 1. The standard InChI is InChI=1S/C17H29N5O2/c1-11-8-19-22(9-11)14(4)12(2)20-13(3)17(24)21-7-5-6-15(10-21)16(18)23/h8-9,12-15,20H,5-7,10H2,1-4H3,(H2,18,23). The molecule has 0 radical (unpaired) electrons. The maximum absolute atomic E-state index is 12.7. The van der Waals surface area contributed by atoms with E-state index < -0.39 is 0 Å². The van der Waals surface area contributed by atoms with Crippen LogP contribution in [0.4, 0.5) is 0 Å². The molecule has 1 aromatic heterocycles. The van der Waals surface area contributed by atoms with Crippen molar-refractivity contribution >= 4 is 11.8 Å². The van der Waals surface area contributed by atoms with Crippen molar-refractivity contribution < 1.29 is 9.59 Å². The number of carbonyl (C=O) groups excluding carboxylic acids is 2. The van der Waals surface area contributed by atoms with Crippen LogP contribution in [0.15, 0.2) is 12.4 Å². The molecule has 2 rings (SSSR count). The van der Waals surface area contributed by atoms with Gasteiger partial charge in [0.15, 0.2) is 0 Å². The number of nitrogens with zero attached hydrogens (tertiary/aromatic N) is 3. The van der Waals surface area contributed by atoms with E-state index in [-0.39, 0.29) is 35.9 Å². The summed E-state index contributed by atoms with van der Waals surface area (Å²) in [5, 5.41) is 7.70. The normalized spacial score (nSPS) is 22.0. The molecule has 7 nitrogen and oxygen atoms in total. The van der Waals surface area contributed by atoms with E-state index in [1.54, 1.807) is 4.90 Å². The molecule has 7 heteroatoms. The lowest BCUT2D eigenvalue weighted by atomic mass is 9.97. The van der Waals surface area contributed by atoms with Crippen LogP contribution in [0.5, 0.6) is 0 Å². The molecule has 4 unspecified atom stereocenters. The van der Waals surface area contributed by atoms with Crippen molar-refractivity contribution in [1.82, 2.24) is 20.0 Å². The van der Waals surface area contributed by atoms with Gasteiger partial charge in [0.05, 0.1) is 24.2 Å². The molecule has 2 amide bonds. The summed E-state index contributed by atoms with van der Waals surface area (Å²) in [5.41, 5.74) is 6.51. The smallest absolute Gasteiger partial charge is 0.239 e. The molecular formula is C17H29N5O2. The predicted molar refractivity (Wildman–Crippen MR) is 92.2 cm³/mol. The first-order valence-corrected chi connectivity index (χ1v) is 8.64. The van der Waals surface area contributed by atoms with Crippen LogP contribution in [0.2, 0.25) is 0 Å². The maximum Gasteiger partial charge on any atom is 0.239 e. The van der Waals surface area contributed by atoms with Crippen LogP contribution in [-0.4, -0.2) is 51.7 Å². The van der Waals surface area contributed by atoms with Crippen LogP contribution >= 0.6 is 0 Å². The molecule has 24 heavy (non-hydrogen) atoms. The fourth-order valence-corrected chi connectivity index (χ4v) is 3.17. The third-order valence-electron chi connectivity index (χ3n) is 4.89. The molecule has 0 bridgehead atoms. The molecule has 1 aliphatic rings. The largest absolute Gasteiger partial charge is 0.369 e. The van der Waals surface area contributed by atoms with Crippen LogP contribution in [-0.2, 0) is 9.59 Å². The van der Waals surface area contributed by atoms with Gasteiger partial charge in [-0.15, -0.1) is 0 Å². The van der Waals surface area contributed by atoms with Crippen molar-refractivity contribution in [3.63, 3.8) is 0 Å². The lowest BCUT2D eigenvalue weighted by molar-refractivity contribution is -0.136. The van der Waals surface area contributed by atoms with E-state index in [4.69, 9.17) is 5.73 Å². The van der Waals surface area contributed by atoms with Gasteiger partial charge in [-0.05, 0) is 46.1 Å². The first-order valence-electron chi connectivity index (χ1n) is 8.64. The van der Waals surface area contributed by atoms with Crippen molar-refractivity contribution in [2.75, 3.05) is 13.1 Å². The number of likely N-dealkylation sites (tertiary alicyclic amines) is 1. The second-order valence-corrected chi connectivity index (χ2v) is 6.94. The summed E-state index contributed by atoms with van der Waals surface area (Å²) in [5.74, 6) is -0.515. The van der Waals surface area contributed by atoms with Crippen LogP contribution in [0, 0.1) is 12.8 Å². The molecule has 0 aromatic carbocycles. The van der Waals surface area contributed by atoms with Gasteiger partial charge in [-0.25, -0.2) is 0 Å². The number of aromatic nitrogens is 2. The van der Waals surface area contributed by atoms with Gasteiger partial charge >= 0.3 is 0 Å². The lowest BCUT2D eigenvalue weighted by Crippen LogP contribution is -2.52. The van der Waals surface area contributed by atoms with Crippen molar-refractivity contribution in [3.8, 4) is 0 Å². The highest BCUT2D eigenvalue weighted by atomic mass is 16.2. The molecule has 2 heterocycles. The average molecular weight is 335 g/mol. The Morgan fingerprint density at radius 3 is 2.67 bits per heavy atom. The summed E-state index contributed by atoms with van der Waals surface area (Å²) >= 11 is 0. The van der Waals surface area contributed by atoms with Crippen LogP contribution in [0.25, 0.3) is 0 Å². The van der Waals surface area contributed by atoms with E-state index in [1.807, 2.05) is 37.8 Å². The zero-order valence-electron chi connectivity index (χ0n) is 15.0. The molecular weight excluding hydrogens is 306 g/mol. The second-order valence-electron chi connectivity index (χ2n) is 6.94. The summed E-state index contributed by atoms with van der Waals surface area (Å²) in [7, 11) is 0. The Balaban J connectivity index is 1.91. The van der Waals surface area contributed by atoms with E-state index in [2.05, 4.69) is 17.3 Å². The third-order valence-corrected chi connectivity index (χ3v) is 4.89. The van der Waals surface area contributed by atoms with Crippen molar-refractivity contribution in [2.45, 2.75) is 58.7 Å². The van der Waals surface area contributed by atoms with Gasteiger partial charge in [0.25, 0.3) is 0 Å². The molecule has 0 saturated carbocycles. The first kappa shape index (κ1) is 18.4. The minimum atomic E-state index is -0.316. The van der Waals surface area contributed by atoms with Crippen molar-refractivity contribution in [2.24, 2.45) is 11.7 Å². The fourth-order valence-electron chi connectivity index (χ4n) is 3.17. The Morgan fingerprint density at radius 2 is 2.08 bits per heavy atom. The van der Waals surface area contributed by atoms with E-state index in [0.717, 1.165) is 18.4 Å². The zero-order valence-corrected chi connectivity index (χ0v) is 15.0. The highest BCUT2D eigenvalue weighted by molar-refractivity contribution is 5.83. The average Bonchev–Trinajstić information content (AvgIpc) is 2.99. The highest BCUT2D eigenvalue weighted by Crippen LogP contribution is 2.17. The summed E-state index contributed by atoms with van der Waals surface area (Å²) in [6.45, 7) is 9.12. The Bertz CT molecular complexity index is 585. The minimum absolute atomic E-state index is 0.0247. The Kier molecular flexibility index (Phi) is 5.99. The molecule has 0 aliphatic carbocycles. The van der Waals surface area contributed by atoms with E-state index in [0.29, 0.717) is 13.1 Å². The van der Waals surface area contributed by atoms with Crippen LogP contribution in [0.3, 0.4) is 0 Å². The molecule has 3 N–H and O–H groups in total. The maximum atomic E-state index is 12.7. The summed E-state index contributed by atoms with van der Waals surface area (Å²) in [6.07, 6.45) is 5.42. The fraction of sp³-hybridized carbons (Fsp3) is 0.706. The third kappa shape index (κ3) is 4.35. The number of primary amides is 1. The molecule has 1 aliphatic heterocycles. The van der Waals surface area contributed by atoms with E-state index >= 15 is 0 Å². The number of amides is 2. The molecule has 1 fully saturated rings. The van der Waals surface area contributed by atoms with Gasteiger partial charge in [-0.2, -0.15) is 5.10 Å². The van der Waals surface area contributed by atoms with E-state index in [1.165, 1.54) is 0 Å². The number of carbonyl (C=O) groups is 2. The lowest BCUT2D eigenvalue weighted by Gasteiger charge is -2.34. The van der Waals surface area contributed by atoms with Gasteiger partial charge in [-0.3, -0.25) is 14.3 Å². The van der Waals surface area contributed by atoms with Gasteiger partial charge < -0.3 is 16.0 Å². The molecule has 134 valence electrons. The van der Waals surface area contributed by atoms with E-state index in [9.17, 15) is 9.59 Å². The first-order chi connectivity index (χ1) is 11.3. The minimum Gasteiger partial charge on any atom is -0.369 e. The SMILES string of the molecule is Cc1cnn(C(C)C(C)NC(C)C(=O)N2CCCC(C(N)=O)C2)c1. The molecule has 1 aromatic rings. The molecule has 1 saturated heterocycles. The van der Waals surface area contributed by atoms with Crippen molar-refractivity contribution in [3.05, 3.63) is 18.0 Å².